The van der Waals surface area contributed by atoms with Gasteiger partial charge in [0.15, 0.2) is 0 Å². The summed E-state index contributed by atoms with van der Waals surface area (Å²) in [4.78, 5) is 2.38. The highest BCUT2D eigenvalue weighted by atomic mass is 16.5. The fourth-order valence-corrected chi connectivity index (χ4v) is 3.25. The van der Waals surface area contributed by atoms with Crippen LogP contribution in [0.5, 0.6) is 5.75 Å². The molecule has 0 bridgehead atoms. The molecular formula is C18H21NO. The van der Waals surface area contributed by atoms with Crippen LogP contribution in [0.1, 0.15) is 28.2 Å². The van der Waals surface area contributed by atoms with Crippen molar-refractivity contribution in [2.75, 3.05) is 20.7 Å². The Morgan fingerprint density at radius 1 is 1.10 bits per heavy atom. The monoisotopic (exact) mass is 267 g/mol. The fraction of sp³-hybridized carbons (Fsp3) is 0.333. The van der Waals surface area contributed by atoms with Gasteiger partial charge in [-0.15, -0.1) is 0 Å². The van der Waals surface area contributed by atoms with Crippen molar-refractivity contribution in [2.24, 2.45) is 0 Å². The number of benzene rings is 2. The molecule has 20 heavy (non-hydrogen) atoms. The molecule has 0 radical (unpaired) electrons. The van der Waals surface area contributed by atoms with Crippen LogP contribution in [0.2, 0.25) is 0 Å². The van der Waals surface area contributed by atoms with Crippen LogP contribution in [0, 0.1) is 6.92 Å². The van der Waals surface area contributed by atoms with Crippen molar-refractivity contribution in [2.45, 2.75) is 19.4 Å². The largest absolute Gasteiger partial charge is 0.496 e. The van der Waals surface area contributed by atoms with Gasteiger partial charge in [0.25, 0.3) is 0 Å². The zero-order valence-corrected chi connectivity index (χ0v) is 12.4. The number of fused-ring (bicyclic) bond motifs is 1. The number of hydrogen-bond acceptors (Lipinski definition) is 2. The first kappa shape index (κ1) is 13.2. The molecular weight excluding hydrogens is 246 g/mol. The van der Waals surface area contributed by atoms with Gasteiger partial charge < -0.3 is 9.64 Å². The molecule has 1 atom stereocenters. The predicted molar refractivity (Wildman–Crippen MR) is 82.4 cm³/mol. The zero-order chi connectivity index (χ0) is 14.1. The molecule has 1 heterocycles. The van der Waals surface area contributed by atoms with E-state index in [1.165, 1.54) is 22.3 Å². The third-order valence-electron chi connectivity index (χ3n) is 4.20. The lowest BCUT2D eigenvalue weighted by molar-refractivity contribution is 0.285. The molecule has 0 amide bonds. The SMILES string of the molecule is COc1c(C)ccc2c1CN(C)CC2c1ccccc1. The number of methoxy groups -OCH3 is 1. The van der Waals surface area contributed by atoms with E-state index in [1.807, 2.05) is 0 Å². The van der Waals surface area contributed by atoms with Gasteiger partial charge in [-0.05, 0) is 30.7 Å². The van der Waals surface area contributed by atoms with E-state index in [-0.39, 0.29) is 0 Å². The highest BCUT2D eigenvalue weighted by Crippen LogP contribution is 2.38. The molecule has 0 N–H and O–H groups in total. The van der Waals surface area contributed by atoms with Gasteiger partial charge in [-0.1, -0.05) is 42.5 Å². The zero-order valence-electron chi connectivity index (χ0n) is 12.4. The van der Waals surface area contributed by atoms with Crippen LogP contribution in [0.15, 0.2) is 42.5 Å². The summed E-state index contributed by atoms with van der Waals surface area (Å²) in [6, 6.07) is 15.2. The highest BCUT2D eigenvalue weighted by Gasteiger charge is 2.27. The van der Waals surface area contributed by atoms with E-state index in [4.69, 9.17) is 4.74 Å². The Bertz CT molecular complexity index is 606. The molecule has 1 aliphatic heterocycles. The highest BCUT2D eigenvalue weighted by molar-refractivity contribution is 5.51. The number of aryl methyl sites for hydroxylation is 1. The van der Waals surface area contributed by atoms with Crippen LogP contribution in [0.4, 0.5) is 0 Å². The van der Waals surface area contributed by atoms with Gasteiger partial charge >= 0.3 is 0 Å². The summed E-state index contributed by atoms with van der Waals surface area (Å²) >= 11 is 0. The van der Waals surface area contributed by atoms with Gasteiger partial charge in [-0.2, -0.15) is 0 Å². The average molecular weight is 267 g/mol. The molecule has 104 valence electrons. The minimum Gasteiger partial charge on any atom is -0.496 e. The van der Waals surface area contributed by atoms with E-state index in [9.17, 15) is 0 Å². The molecule has 2 aromatic rings. The smallest absolute Gasteiger partial charge is 0.126 e. The van der Waals surface area contributed by atoms with Crippen molar-refractivity contribution in [3.05, 3.63) is 64.7 Å². The van der Waals surface area contributed by atoms with E-state index in [2.05, 4.69) is 61.3 Å². The van der Waals surface area contributed by atoms with Crippen LogP contribution < -0.4 is 4.74 Å². The molecule has 0 spiro atoms. The average Bonchev–Trinajstić information content (AvgIpc) is 2.47. The molecule has 0 saturated carbocycles. The second kappa shape index (κ2) is 5.29. The first-order chi connectivity index (χ1) is 9.70. The summed E-state index contributed by atoms with van der Waals surface area (Å²) in [6.07, 6.45) is 0. The standard InChI is InChI=1S/C18H21NO/c1-13-9-10-15-16(14-7-5-4-6-8-14)11-19(2)12-17(15)18(13)20-3/h4-10,16H,11-12H2,1-3H3. The van der Waals surface area contributed by atoms with Gasteiger partial charge in [0.1, 0.15) is 5.75 Å². The quantitative estimate of drug-likeness (QED) is 0.824. The van der Waals surface area contributed by atoms with Crippen LogP contribution in [-0.2, 0) is 6.54 Å². The van der Waals surface area contributed by atoms with Crippen molar-refractivity contribution in [1.29, 1.82) is 0 Å². The molecule has 2 heteroatoms. The maximum atomic E-state index is 5.65. The summed E-state index contributed by atoms with van der Waals surface area (Å²) in [5.74, 6) is 1.48. The molecule has 1 aliphatic rings. The first-order valence-corrected chi connectivity index (χ1v) is 7.10. The Morgan fingerprint density at radius 3 is 2.55 bits per heavy atom. The first-order valence-electron chi connectivity index (χ1n) is 7.10. The predicted octanol–water partition coefficient (Wildman–Crippen LogP) is 3.58. The topological polar surface area (TPSA) is 12.5 Å². The van der Waals surface area contributed by atoms with Gasteiger partial charge in [-0.25, -0.2) is 0 Å². The van der Waals surface area contributed by atoms with Crippen LogP contribution >= 0.6 is 0 Å². The number of hydrogen-bond donors (Lipinski definition) is 0. The minimum atomic E-state index is 0.430. The summed E-state index contributed by atoms with van der Waals surface area (Å²) in [6.45, 7) is 4.14. The molecule has 2 aromatic carbocycles. The lowest BCUT2D eigenvalue weighted by Crippen LogP contribution is -2.31. The van der Waals surface area contributed by atoms with Crippen LogP contribution in [0.25, 0.3) is 0 Å². The Labute approximate surface area is 121 Å². The maximum absolute atomic E-state index is 5.65. The number of likely N-dealkylation sites (N-methyl/N-ethyl adjacent to an activating group) is 1. The third-order valence-corrected chi connectivity index (χ3v) is 4.20. The van der Waals surface area contributed by atoms with Crippen molar-refractivity contribution < 1.29 is 4.74 Å². The van der Waals surface area contributed by atoms with E-state index in [0.717, 1.165) is 18.8 Å². The summed E-state index contributed by atoms with van der Waals surface area (Å²) in [7, 11) is 3.95. The molecule has 0 fully saturated rings. The molecule has 0 aliphatic carbocycles. The van der Waals surface area contributed by atoms with E-state index >= 15 is 0 Å². The van der Waals surface area contributed by atoms with Gasteiger partial charge in [0, 0.05) is 24.6 Å². The second-order valence-corrected chi connectivity index (χ2v) is 5.64. The molecule has 0 saturated heterocycles. The van der Waals surface area contributed by atoms with Gasteiger partial charge in [0.2, 0.25) is 0 Å². The summed E-state index contributed by atoms with van der Waals surface area (Å²) in [5.41, 5.74) is 5.35. The maximum Gasteiger partial charge on any atom is 0.126 e. The third kappa shape index (κ3) is 2.20. The number of rotatable bonds is 2. The van der Waals surface area contributed by atoms with E-state index < -0.39 is 0 Å². The van der Waals surface area contributed by atoms with E-state index in [1.54, 1.807) is 7.11 Å². The van der Waals surface area contributed by atoms with Crippen LogP contribution in [0.3, 0.4) is 0 Å². The minimum absolute atomic E-state index is 0.430. The van der Waals surface area contributed by atoms with Crippen molar-refractivity contribution in [3.63, 3.8) is 0 Å². The van der Waals surface area contributed by atoms with Crippen molar-refractivity contribution in [3.8, 4) is 5.75 Å². The summed E-state index contributed by atoms with van der Waals surface area (Å²) in [5, 5.41) is 0. The Kier molecular flexibility index (Phi) is 3.49. The molecule has 1 unspecified atom stereocenters. The lowest BCUT2D eigenvalue weighted by atomic mass is 9.83. The summed E-state index contributed by atoms with van der Waals surface area (Å²) < 4.78 is 5.65. The fourth-order valence-electron chi connectivity index (χ4n) is 3.25. The number of nitrogens with zero attached hydrogens (tertiary/aromatic N) is 1. The molecule has 3 rings (SSSR count). The van der Waals surface area contributed by atoms with Crippen molar-refractivity contribution >= 4 is 0 Å². The van der Waals surface area contributed by atoms with Crippen LogP contribution in [-0.4, -0.2) is 25.6 Å². The van der Waals surface area contributed by atoms with Gasteiger partial charge in [0.05, 0.1) is 7.11 Å². The second-order valence-electron chi connectivity index (χ2n) is 5.64. The Balaban J connectivity index is 2.14. The van der Waals surface area contributed by atoms with Gasteiger partial charge in [-0.3, -0.25) is 0 Å². The lowest BCUT2D eigenvalue weighted by Gasteiger charge is -2.34. The molecule has 0 aromatic heterocycles. The Morgan fingerprint density at radius 2 is 1.85 bits per heavy atom. The van der Waals surface area contributed by atoms with E-state index in [0.29, 0.717) is 5.92 Å². The normalized spacial score (nSPS) is 18.6. The molecule has 2 nitrogen and oxygen atoms in total. The van der Waals surface area contributed by atoms with Crippen molar-refractivity contribution in [1.82, 2.24) is 4.90 Å². The Hall–Kier alpha value is -1.80. The number of ether oxygens (including phenoxy) is 1.